The standard InChI is InChI=1S/C13H16Cl2N4O/c1-13(2)7-19(4-5-20-13)12-17-10-8(18(12)3)6-9(14)16-11(10)15/h6H,4-5,7H2,1-3H3. The summed E-state index contributed by atoms with van der Waals surface area (Å²) in [6.07, 6.45) is 0. The van der Waals surface area contributed by atoms with Gasteiger partial charge in [0.1, 0.15) is 10.7 Å². The van der Waals surface area contributed by atoms with E-state index in [-0.39, 0.29) is 5.60 Å². The molecular formula is C13H16Cl2N4O. The Morgan fingerprint density at radius 2 is 2.05 bits per heavy atom. The zero-order chi connectivity index (χ0) is 14.5. The van der Waals surface area contributed by atoms with Gasteiger partial charge in [-0.2, -0.15) is 0 Å². The maximum absolute atomic E-state index is 6.13. The van der Waals surface area contributed by atoms with E-state index >= 15 is 0 Å². The largest absolute Gasteiger partial charge is 0.372 e. The molecule has 0 spiro atoms. The molecule has 20 heavy (non-hydrogen) atoms. The van der Waals surface area contributed by atoms with E-state index in [2.05, 4.69) is 28.7 Å². The zero-order valence-electron chi connectivity index (χ0n) is 11.7. The van der Waals surface area contributed by atoms with Gasteiger partial charge in [0.05, 0.1) is 17.7 Å². The topological polar surface area (TPSA) is 43.2 Å². The third-order valence-electron chi connectivity index (χ3n) is 3.48. The summed E-state index contributed by atoms with van der Waals surface area (Å²) in [7, 11) is 1.96. The smallest absolute Gasteiger partial charge is 0.206 e. The summed E-state index contributed by atoms with van der Waals surface area (Å²) < 4.78 is 7.73. The molecule has 2 aromatic heterocycles. The van der Waals surface area contributed by atoms with E-state index < -0.39 is 0 Å². The number of aromatic nitrogens is 3. The molecule has 0 aliphatic carbocycles. The highest BCUT2D eigenvalue weighted by Crippen LogP contribution is 2.30. The van der Waals surface area contributed by atoms with Crippen LogP contribution in [0.2, 0.25) is 10.3 Å². The van der Waals surface area contributed by atoms with Crippen molar-refractivity contribution in [2.75, 3.05) is 24.6 Å². The van der Waals surface area contributed by atoms with Gasteiger partial charge in [0.15, 0.2) is 5.15 Å². The van der Waals surface area contributed by atoms with Gasteiger partial charge in [-0.05, 0) is 13.8 Å². The normalized spacial score (nSPS) is 18.8. The van der Waals surface area contributed by atoms with Gasteiger partial charge in [-0.3, -0.25) is 0 Å². The predicted octanol–water partition coefficient (Wildman–Crippen LogP) is 2.89. The highest BCUT2D eigenvalue weighted by Gasteiger charge is 2.30. The number of rotatable bonds is 1. The van der Waals surface area contributed by atoms with Crippen LogP contribution in [0.1, 0.15) is 13.8 Å². The molecule has 3 heterocycles. The van der Waals surface area contributed by atoms with Crippen LogP contribution in [0.25, 0.3) is 11.0 Å². The average molecular weight is 315 g/mol. The molecule has 0 amide bonds. The first kappa shape index (κ1) is 13.9. The van der Waals surface area contributed by atoms with Crippen molar-refractivity contribution in [2.24, 2.45) is 7.05 Å². The van der Waals surface area contributed by atoms with Gasteiger partial charge in [0, 0.05) is 26.2 Å². The summed E-state index contributed by atoms with van der Waals surface area (Å²) in [5.74, 6) is 0.863. The van der Waals surface area contributed by atoms with Gasteiger partial charge in [-0.25, -0.2) is 9.97 Å². The van der Waals surface area contributed by atoms with Crippen molar-refractivity contribution in [2.45, 2.75) is 19.4 Å². The van der Waals surface area contributed by atoms with Crippen molar-refractivity contribution in [1.29, 1.82) is 0 Å². The minimum atomic E-state index is -0.184. The number of ether oxygens (including phenoxy) is 1. The first-order valence-electron chi connectivity index (χ1n) is 6.45. The minimum Gasteiger partial charge on any atom is -0.372 e. The second-order valence-electron chi connectivity index (χ2n) is 5.60. The molecule has 7 heteroatoms. The minimum absolute atomic E-state index is 0.184. The van der Waals surface area contributed by atoms with E-state index in [1.54, 1.807) is 6.07 Å². The van der Waals surface area contributed by atoms with Crippen molar-refractivity contribution in [3.63, 3.8) is 0 Å². The van der Waals surface area contributed by atoms with Crippen LogP contribution in [0.3, 0.4) is 0 Å². The number of halogens is 2. The summed E-state index contributed by atoms with van der Waals surface area (Å²) in [6.45, 7) is 6.42. The second-order valence-corrected chi connectivity index (χ2v) is 6.35. The molecular weight excluding hydrogens is 299 g/mol. The number of pyridine rings is 1. The highest BCUT2D eigenvalue weighted by atomic mass is 35.5. The molecule has 1 saturated heterocycles. The van der Waals surface area contributed by atoms with Gasteiger partial charge in [-0.1, -0.05) is 23.2 Å². The Morgan fingerprint density at radius 3 is 2.75 bits per heavy atom. The molecule has 3 rings (SSSR count). The highest BCUT2D eigenvalue weighted by molar-refractivity contribution is 6.36. The van der Waals surface area contributed by atoms with Crippen LogP contribution < -0.4 is 4.90 Å². The fourth-order valence-corrected chi connectivity index (χ4v) is 3.04. The van der Waals surface area contributed by atoms with Crippen LogP contribution in [-0.4, -0.2) is 39.8 Å². The second kappa shape index (κ2) is 4.76. The molecule has 1 aliphatic heterocycles. The third kappa shape index (κ3) is 2.34. The molecule has 1 aliphatic rings. The number of fused-ring (bicyclic) bond motifs is 1. The Kier molecular flexibility index (Phi) is 3.31. The van der Waals surface area contributed by atoms with Gasteiger partial charge in [-0.15, -0.1) is 0 Å². The Hall–Kier alpha value is -1.04. The molecule has 0 aromatic carbocycles. The Balaban J connectivity index is 2.08. The fraction of sp³-hybridized carbons (Fsp3) is 0.538. The first-order valence-corrected chi connectivity index (χ1v) is 7.20. The Bertz CT molecular complexity index is 668. The van der Waals surface area contributed by atoms with Crippen LogP contribution in [0, 0.1) is 0 Å². The number of morpholine rings is 1. The summed E-state index contributed by atoms with van der Waals surface area (Å²) >= 11 is 12.1. The molecule has 0 bridgehead atoms. The van der Waals surface area contributed by atoms with Crippen molar-refractivity contribution in [3.05, 3.63) is 16.4 Å². The lowest BCUT2D eigenvalue weighted by Gasteiger charge is -2.38. The van der Waals surface area contributed by atoms with E-state index in [0.717, 1.165) is 24.6 Å². The van der Waals surface area contributed by atoms with Gasteiger partial charge in [0.25, 0.3) is 0 Å². The molecule has 0 unspecified atom stereocenters. The van der Waals surface area contributed by atoms with Crippen LogP contribution in [0.15, 0.2) is 6.07 Å². The lowest BCUT2D eigenvalue weighted by atomic mass is 10.1. The number of hydrogen-bond donors (Lipinski definition) is 0. The van der Waals surface area contributed by atoms with Gasteiger partial charge >= 0.3 is 0 Å². The number of aryl methyl sites for hydroxylation is 1. The van der Waals surface area contributed by atoms with Crippen molar-refractivity contribution >= 4 is 40.2 Å². The molecule has 1 fully saturated rings. The molecule has 0 atom stereocenters. The summed E-state index contributed by atoms with van der Waals surface area (Å²) in [4.78, 5) is 10.9. The molecule has 0 saturated carbocycles. The molecule has 0 N–H and O–H groups in total. The van der Waals surface area contributed by atoms with Crippen molar-refractivity contribution in [3.8, 4) is 0 Å². The molecule has 108 valence electrons. The maximum Gasteiger partial charge on any atom is 0.206 e. The Labute approximate surface area is 127 Å². The lowest BCUT2D eigenvalue weighted by molar-refractivity contribution is -0.0282. The zero-order valence-corrected chi connectivity index (χ0v) is 13.2. The van der Waals surface area contributed by atoms with Crippen LogP contribution in [0.5, 0.6) is 0 Å². The summed E-state index contributed by atoms with van der Waals surface area (Å²) in [6, 6.07) is 1.78. The van der Waals surface area contributed by atoms with Gasteiger partial charge in [0.2, 0.25) is 5.95 Å². The van der Waals surface area contributed by atoms with E-state index in [4.69, 9.17) is 27.9 Å². The number of imidazole rings is 1. The average Bonchev–Trinajstić information content (AvgIpc) is 2.66. The Morgan fingerprint density at radius 1 is 1.30 bits per heavy atom. The predicted molar refractivity (Wildman–Crippen MR) is 80.8 cm³/mol. The SMILES string of the molecule is Cn1c(N2CCOC(C)(C)C2)nc2c(Cl)nc(Cl)cc21. The van der Waals surface area contributed by atoms with Crippen molar-refractivity contribution in [1.82, 2.24) is 14.5 Å². The summed E-state index contributed by atoms with van der Waals surface area (Å²) in [5, 5.41) is 0.709. The van der Waals surface area contributed by atoms with E-state index in [1.807, 2.05) is 11.6 Å². The lowest BCUT2D eigenvalue weighted by Crippen LogP contribution is -2.49. The number of nitrogens with zero attached hydrogens (tertiary/aromatic N) is 4. The monoisotopic (exact) mass is 314 g/mol. The van der Waals surface area contributed by atoms with E-state index in [1.165, 1.54) is 0 Å². The first-order chi connectivity index (χ1) is 9.37. The van der Waals surface area contributed by atoms with Crippen LogP contribution >= 0.6 is 23.2 Å². The van der Waals surface area contributed by atoms with Crippen LogP contribution in [-0.2, 0) is 11.8 Å². The summed E-state index contributed by atoms with van der Waals surface area (Å²) in [5.41, 5.74) is 1.38. The van der Waals surface area contributed by atoms with E-state index in [9.17, 15) is 0 Å². The molecule has 5 nitrogen and oxygen atoms in total. The number of hydrogen-bond acceptors (Lipinski definition) is 4. The quantitative estimate of drug-likeness (QED) is 0.759. The molecule has 2 aromatic rings. The third-order valence-corrected chi connectivity index (χ3v) is 3.94. The fourth-order valence-electron chi connectivity index (χ4n) is 2.58. The van der Waals surface area contributed by atoms with Crippen LogP contribution in [0.4, 0.5) is 5.95 Å². The number of anilines is 1. The van der Waals surface area contributed by atoms with Crippen molar-refractivity contribution < 1.29 is 4.74 Å². The molecule has 0 radical (unpaired) electrons. The van der Waals surface area contributed by atoms with E-state index in [0.29, 0.717) is 22.4 Å². The van der Waals surface area contributed by atoms with Gasteiger partial charge < -0.3 is 14.2 Å². The maximum atomic E-state index is 6.13.